The van der Waals surface area contributed by atoms with Crippen molar-refractivity contribution < 1.29 is 124 Å². The smallest absolute Gasteiger partial charge is 0.187 e. The zero-order valence-corrected chi connectivity index (χ0v) is 28.8. The highest BCUT2D eigenvalue weighted by Gasteiger charge is 2.56. The van der Waals surface area contributed by atoms with Gasteiger partial charge in [-0.15, -0.1) is 0 Å². The summed E-state index contributed by atoms with van der Waals surface area (Å²) >= 11 is 0. The molecule has 0 aromatic carbocycles. The van der Waals surface area contributed by atoms with E-state index in [2.05, 4.69) is 0 Å². The van der Waals surface area contributed by atoms with Gasteiger partial charge in [-0.3, -0.25) is 0 Å². The predicted octanol–water partition coefficient (Wildman–Crippen LogP) is -11.1. The van der Waals surface area contributed by atoms with Crippen LogP contribution in [0, 0.1) is 6.61 Å². The summed E-state index contributed by atoms with van der Waals surface area (Å²) in [4.78, 5) is 0. The third-order valence-corrected chi connectivity index (χ3v) is 10.1. The van der Waals surface area contributed by atoms with Gasteiger partial charge in [0.2, 0.25) is 0 Å². The minimum atomic E-state index is -2.09. The first-order chi connectivity index (χ1) is 26.1. The lowest BCUT2D eigenvalue weighted by atomic mass is 9.95. The van der Waals surface area contributed by atoms with E-state index in [0.29, 0.717) is 0 Å². The van der Waals surface area contributed by atoms with E-state index in [1.807, 2.05) is 0 Å². The molecule has 16 N–H and O–H groups in total. The Balaban J connectivity index is 1.22. The van der Waals surface area contributed by atoms with Crippen molar-refractivity contribution in [2.24, 2.45) is 0 Å². The molecular formula is C30H51O25. The van der Waals surface area contributed by atoms with E-state index < -0.39 is 180 Å². The minimum absolute atomic E-state index is 0.698. The molecule has 5 fully saturated rings. The molecule has 0 spiro atoms. The molecule has 0 aliphatic carbocycles. The molecule has 5 rings (SSSR count). The van der Waals surface area contributed by atoms with E-state index in [1.54, 1.807) is 0 Å². The third kappa shape index (κ3) is 9.26. The number of aliphatic hydroxyl groups excluding tert-OH is 16. The van der Waals surface area contributed by atoms with Crippen LogP contribution in [-0.4, -0.2) is 262 Å². The van der Waals surface area contributed by atoms with Crippen molar-refractivity contribution in [1.82, 2.24) is 0 Å². The van der Waals surface area contributed by atoms with Crippen LogP contribution < -0.4 is 0 Å². The topological polar surface area (TPSA) is 407 Å². The average Bonchev–Trinajstić information content (AvgIpc) is 3.18. The molecule has 0 aromatic rings. The molecule has 0 bridgehead atoms. The lowest BCUT2D eigenvalue weighted by Crippen LogP contribution is -2.67. The van der Waals surface area contributed by atoms with Gasteiger partial charge < -0.3 is 124 Å². The Morgan fingerprint density at radius 2 is 0.618 bits per heavy atom. The van der Waals surface area contributed by atoms with Crippen LogP contribution in [0.2, 0.25) is 0 Å². The SMILES string of the molecule is OC[C@H]1O[C@H](O[C@H]2[C@H](O)[C@@H](O)[C@@H](O[C@H]3[C@H](O)[C@@H](O)[C@@H](O[C@H]4[C@H](O)[C@@H](O)[C@@H](O[C@H]5[C@H](O)[C@@H](O)[CH]O[C@@H]5CO)O[C@@H]4CO)O[C@@H]3CO)O[C@@H]2CO)[C@H](O)[C@@H](O)[C@@H]1O. The standard InChI is InChI=1S/C30H51O25/c31-1-8-14(38)15(39)19(43)27(48-8)53-24-10(3-33)50-29(21(45)17(24)41)55-26-12(5-35)51-30(22(46)18(26)42)54-25-11(4-34)49-28(20(44)16(25)40)52-23-9(2-32)47-6-7(36)13(23)37/h6-46H,1-5H2/t7-,8+,9+,10+,11+,12+,13+,14+,15-,16+,17+,18+,19+,20+,21+,22+,23+,24+,25+,26+,27+,28+,29+,30+/m0/s1. The van der Waals surface area contributed by atoms with E-state index in [9.17, 15) is 81.7 Å². The highest BCUT2D eigenvalue weighted by molar-refractivity contribution is 4.99. The second kappa shape index (κ2) is 19.4. The van der Waals surface area contributed by atoms with Crippen LogP contribution in [0.4, 0.5) is 0 Å². The summed E-state index contributed by atoms with van der Waals surface area (Å²) < 4.78 is 49.3. The van der Waals surface area contributed by atoms with Crippen LogP contribution in [0.25, 0.3) is 0 Å². The second-order valence-corrected chi connectivity index (χ2v) is 13.7. The Morgan fingerprint density at radius 3 is 0.945 bits per heavy atom. The Morgan fingerprint density at radius 1 is 0.327 bits per heavy atom. The van der Waals surface area contributed by atoms with Gasteiger partial charge in [-0.25, -0.2) is 0 Å². The van der Waals surface area contributed by atoms with E-state index in [1.165, 1.54) is 0 Å². The molecule has 0 aromatic heterocycles. The number of hydrogen-bond donors (Lipinski definition) is 16. The first-order valence-electron chi connectivity index (χ1n) is 17.4. The van der Waals surface area contributed by atoms with Crippen LogP contribution >= 0.6 is 0 Å². The van der Waals surface area contributed by atoms with Crippen LogP contribution in [0.15, 0.2) is 0 Å². The van der Waals surface area contributed by atoms with E-state index >= 15 is 0 Å². The molecule has 25 heteroatoms. The van der Waals surface area contributed by atoms with Crippen molar-refractivity contribution in [3.8, 4) is 0 Å². The number of ether oxygens (including phenoxy) is 9. The van der Waals surface area contributed by atoms with Gasteiger partial charge in [0.15, 0.2) is 25.2 Å². The van der Waals surface area contributed by atoms with Crippen molar-refractivity contribution in [3.05, 3.63) is 6.61 Å². The van der Waals surface area contributed by atoms with Crippen LogP contribution in [-0.2, 0) is 42.6 Å². The van der Waals surface area contributed by atoms with Crippen molar-refractivity contribution in [3.63, 3.8) is 0 Å². The van der Waals surface area contributed by atoms with Gasteiger partial charge in [0.25, 0.3) is 0 Å². The zero-order chi connectivity index (χ0) is 40.5. The average molecular weight is 812 g/mol. The van der Waals surface area contributed by atoms with Crippen molar-refractivity contribution >= 4 is 0 Å². The van der Waals surface area contributed by atoms with Crippen molar-refractivity contribution in [2.45, 2.75) is 147 Å². The Labute approximate surface area is 311 Å². The maximum atomic E-state index is 11.1. The summed E-state index contributed by atoms with van der Waals surface area (Å²) in [6.07, 6.45) is -42.5. The van der Waals surface area contributed by atoms with Gasteiger partial charge in [0, 0.05) is 0 Å². The van der Waals surface area contributed by atoms with Gasteiger partial charge >= 0.3 is 0 Å². The summed E-state index contributed by atoms with van der Waals surface area (Å²) in [6.45, 7) is -3.44. The first kappa shape index (κ1) is 45.1. The predicted molar refractivity (Wildman–Crippen MR) is 165 cm³/mol. The minimum Gasteiger partial charge on any atom is -0.394 e. The molecule has 55 heavy (non-hydrogen) atoms. The van der Waals surface area contributed by atoms with Gasteiger partial charge in [0.1, 0.15) is 129 Å². The molecule has 0 amide bonds. The van der Waals surface area contributed by atoms with Crippen molar-refractivity contribution in [1.29, 1.82) is 0 Å². The second-order valence-electron chi connectivity index (χ2n) is 13.7. The summed E-state index contributed by atoms with van der Waals surface area (Å²) in [5.74, 6) is 0. The normalized spacial score (nSPS) is 52.6. The Kier molecular flexibility index (Phi) is 15.9. The van der Waals surface area contributed by atoms with Gasteiger partial charge in [0.05, 0.1) is 33.0 Å². The molecule has 321 valence electrons. The lowest BCUT2D eigenvalue weighted by Gasteiger charge is -2.49. The maximum Gasteiger partial charge on any atom is 0.187 e. The van der Waals surface area contributed by atoms with Crippen LogP contribution in [0.1, 0.15) is 0 Å². The summed E-state index contributed by atoms with van der Waals surface area (Å²) in [5.41, 5.74) is 0. The Bertz CT molecular complexity index is 1170. The summed E-state index contributed by atoms with van der Waals surface area (Å²) in [6, 6.07) is 0. The van der Waals surface area contributed by atoms with E-state index in [4.69, 9.17) is 42.6 Å². The lowest BCUT2D eigenvalue weighted by molar-refractivity contribution is -0.390. The molecule has 5 aliphatic heterocycles. The summed E-state index contributed by atoms with van der Waals surface area (Å²) in [5, 5.41) is 166. The highest BCUT2D eigenvalue weighted by Crippen LogP contribution is 2.35. The molecule has 0 saturated carbocycles. The molecule has 0 unspecified atom stereocenters. The number of hydrogen-bond acceptors (Lipinski definition) is 25. The Hall–Kier alpha value is -1.00. The first-order valence-corrected chi connectivity index (χ1v) is 17.4. The zero-order valence-electron chi connectivity index (χ0n) is 28.8. The molecule has 5 heterocycles. The van der Waals surface area contributed by atoms with Gasteiger partial charge in [-0.1, -0.05) is 0 Å². The molecule has 24 atom stereocenters. The van der Waals surface area contributed by atoms with E-state index in [-0.39, 0.29) is 0 Å². The molecule has 25 nitrogen and oxygen atoms in total. The maximum absolute atomic E-state index is 11.1. The van der Waals surface area contributed by atoms with Gasteiger partial charge in [-0.05, 0) is 0 Å². The number of aliphatic hydroxyl groups is 16. The molecule has 5 aliphatic rings. The van der Waals surface area contributed by atoms with Crippen molar-refractivity contribution in [2.75, 3.05) is 33.0 Å². The number of rotatable bonds is 13. The largest absolute Gasteiger partial charge is 0.394 e. The fourth-order valence-electron chi connectivity index (χ4n) is 6.87. The van der Waals surface area contributed by atoms with Crippen LogP contribution in [0.5, 0.6) is 0 Å². The fraction of sp³-hybridized carbons (Fsp3) is 0.967. The molecule has 5 saturated heterocycles. The summed E-state index contributed by atoms with van der Waals surface area (Å²) in [7, 11) is 0. The monoisotopic (exact) mass is 811 g/mol. The molecular weight excluding hydrogens is 760 g/mol. The highest BCUT2D eigenvalue weighted by atomic mass is 16.8. The van der Waals surface area contributed by atoms with Crippen LogP contribution in [0.3, 0.4) is 0 Å². The quantitative estimate of drug-likeness (QED) is 0.0821. The fourth-order valence-corrected chi connectivity index (χ4v) is 6.87. The third-order valence-electron chi connectivity index (χ3n) is 10.1. The molecule has 1 radical (unpaired) electrons. The van der Waals surface area contributed by atoms with Gasteiger partial charge in [-0.2, -0.15) is 0 Å². The van der Waals surface area contributed by atoms with E-state index in [0.717, 1.165) is 6.61 Å².